The minimum absolute atomic E-state index is 0.0121. The van der Waals surface area contributed by atoms with Crippen molar-refractivity contribution in [3.8, 4) is 16.9 Å². The molecule has 2 heterocycles. The van der Waals surface area contributed by atoms with Crippen LogP contribution in [0.4, 0.5) is 11.4 Å². The molecule has 5 aromatic rings. The van der Waals surface area contributed by atoms with Gasteiger partial charge in [0.05, 0.1) is 27.0 Å². The fraction of sp³-hybridized carbons (Fsp3) is 0.258. The highest BCUT2D eigenvalue weighted by atomic mass is 35.5. The molecule has 16 heteroatoms. The molecule has 0 fully saturated rings. The minimum atomic E-state index is -1.25. The maximum Gasteiger partial charge on any atom is 0.300 e. The Morgan fingerprint density at radius 3 is 2.30 bits per heavy atom. The Labute approximate surface area is 283 Å². The van der Waals surface area contributed by atoms with Crippen molar-refractivity contribution in [2.24, 2.45) is 0 Å². The van der Waals surface area contributed by atoms with Gasteiger partial charge in [0.15, 0.2) is 11.2 Å². The number of halogens is 3. The Morgan fingerprint density at radius 2 is 1.64 bits per heavy atom. The Kier molecular flexibility index (Phi) is 9.99. The lowest BCUT2D eigenvalue weighted by Gasteiger charge is -2.31. The van der Waals surface area contributed by atoms with E-state index in [1.807, 2.05) is 26.0 Å². The molecule has 0 aliphatic heterocycles. The first-order valence-electron chi connectivity index (χ1n) is 14.5. The molecular weight excluding hydrogens is 671 g/mol. The van der Waals surface area contributed by atoms with Crippen molar-refractivity contribution in [2.75, 3.05) is 18.4 Å². The molecule has 5 rings (SSSR count). The van der Waals surface area contributed by atoms with Crippen LogP contribution in [0.3, 0.4) is 0 Å². The van der Waals surface area contributed by atoms with Crippen LogP contribution in [0.25, 0.3) is 28.0 Å². The maximum absolute atomic E-state index is 13.9. The van der Waals surface area contributed by atoms with Gasteiger partial charge in [-0.2, -0.15) is 5.10 Å². The number of nitrogens with one attached hydrogen (secondary N) is 3. The first kappa shape index (κ1) is 33.6. The molecule has 0 spiro atoms. The van der Waals surface area contributed by atoms with Gasteiger partial charge in [0.1, 0.15) is 5.54 Å². The second-order valence-electron chi connectivity index (χ2n) is 10.6. The van der Waals surface area contributed by atoms with Crippen LogP contribution in [-0.2, 0) is 4.79 Å². The summed E-state index contributed by atoms with van der Waals surface area (Å²) in [6, 6.07) is 14.9. The van der Waals surface area contributed by atoms with Gasteiger partial charge in [-0.1, -0.05) is 60.8 Å². The number of rotatable bonds is 12. The monoisotopic (exact) mass is 698 g/mol. The van der Waals surface area contributed by atoms with E-state index in [9.17, 15) is 19.7 Å². The van der Waals surface area contributed by atoms with Gasteiger partial charge >= 0.3 is 5.69 Å². The van der Waals surface area contributed by atoms with Crippen LogP contribution in [0.5, 0.6) is 0 Å². The third-order valence-corrected chi connectivity index (χ3v) is 8.69. The van der Waals surface area contributed by atoms with E-state index in [2.05, 4.69) is 31.4 Å². The predicted octanol–water partition coefficient (Wildman–Crippen LogP) is 6.77. The van der Waals surface area contributed by atoms with Gasteiger partial charge in [0, 0.05) is 40.3 Å². The molecule has 2 aromatic heterocycles. The summed E-state index contributed by atoms with van der Waals surface area (Å²) in [5.74, 6) is -0.921. The Morgan fingerprint density at radius 1 is 0.957 bits per heavy atom. The van der Waals surface area contributed by atoms with Gasteiger partial charge in [-0.05, 0) is 66.5 Å². The summed E-state index contributed by atoms with van der Waals surface area (Å²) >= 11 is 18.8. The summed E-state index contributed by atoms with van der Waals surface area (Å²) in [5.41, 5.74) is 1.74. The van der Waals surface area contributed by atoms with Crippen molar-refractivity contribution < 1.29 is 19.1 Å². The molecule has 0 saturated carbocycles. The number of benzene rings is 3. The number of fused-ring (bicyclic) bond motifs is 1. The summed E-state index contributed by atoms with van der Waals surface area (Å²) < 4.78 is 6.27. The first-order valence-corrected chi connectivity index (χ1v) is 15.7. The number of carbonyl (C=O) groups is 2. The lowest BCUT2D eigenvalue weighted by molar-refractivity contribution is -0.383. The second kappa shape index (κ2) is 14.0. The average Bonchev–Trinajstić information content (AvgIpc) is 3.67. The quantitative estimate of drug-likeness (QED) is 0.0722. The number of hydrogen-bond acceptors (Lipinski definition) is 9. The Balaban J connectivity index is 1.36. The molecule has 0 aliphatic rings. The maximum atomic E-state index is 13.9. The molecule has 0 bridgehead atoms. The fourth-order valence-electron chi connectivity index (χ4n) is 5.25. The van der Waals surface area contributed by atoms with E-state index < -0.39 is 16.4 Å². The molecule has 0 atom stereocenters. The Bertz CT molecular complexity index is 1970. The first-order chi connectivity index (χ1) is 22.5. The molecule has 47 heavy (non-hydrogen) atoms. The number of non-ortho nitro benzene ring substituents is 1. The molecule has 3 N–H and O–H groups in total. The molecule has 3 aromatic carbocycles. The zero-order valence-corrected chi connectivity index (χ0v) is 27.7. The zero-order chi connectivity index (χ0) is 33.9. The predicted molar refractivity (Wildman–Crippen MR) is 180 cm³/mol. The third kappa shape index (κ3) is 6.73. The van der Waals surface area contributed by atoms with Gasteiger partial charge in [0.25, 0.3) is 5.91 Å². The third-order valence-electron chi connectivity index (χ3n) is 7.90. The van der Waals surface area contributed by atoms with Crippen LogP contribution < -0.4 is 16.0 Å². The second-order valence-corrected chi connectivity index (χ2v) is 11.9. The van der Waals surface area contributed by atoms with Crippen molar-refractivity contribution >= 4 is 69.0 Å². The molecule has 0 saturated heterocycles. The summed E-state index contributed by atoms with van der Waals surface area (Å²) in [6.45, 7) is 5.81. The van der Waals surface area contributed by atoms with Crippen LogP contribution in [0.15, 0.2) is 59.2 Å². The van der Waals surface area contributed by atoms with Crippen molar-refractivity contribution in [3.63, 3.8) is 0 Å². The SMILES string of the molecule is CCC(CC)(NC(=O)c1nn(-c2ccc(Cl)cc2Cl)c(-c2ccc(Cl)cc2)c1C)C(=O)NCCNc1ccc([N+](=O)[O-])c2nonc12. The van der Waals surface area contributed by atoms with E-state index in [1.54, 1.807) is 41.9 Å². The number of nitrogens with zero attached hydrogens (tertiary/aromatic N) is 5. The number of carbonyl (C=O) groups excluding carboxylic acids is 2. The van der Waals surface area contributed by atoms with Gasteiger partial charge in [-0.25, -0.2) is 9.31 Å². The number of hydrogen-bond donors (Lipinski definition) is 3. The molecule has 13 nitrogen and oxygen atoms in total. The molecule has 0 radical (unpaired) electrons. The van der Waals surface area contributed by atoms with Crippen LogP contribution in [0.2, 0.25) is 15.1 Å². The highest BCUT2D eigenvalue weighted by molar-refractivity contribution is 6.35. The van der Waals surface area contributed by atoms with Crippen LogP contribution in [0.1, 0.15) is 42.7 Å². The molecular formula is C31H29Cl3N8O5. The standard InChI is InChI=1S/C31H29Cl3N8O5/c1-4-31(5-2,30(44)36-15-14-35-22-11-13-24(42(45)46)27-26(22)39-47-40-27)37-29(43)25-17(3)28(18-6-8-19(32)9-7-18)41(38-25)23-12-10-20(33)16-21(23)34/h6-13,16,35H,4-5,14-15H2,1-3H3,(H,36,44)(H,37,43). The van der Waals surface area contributed by atoms with Crippen LogP contribution >= 0.6 is 34.8 Å². The zero-order valence-electron chi connectivity index (χ0n) is 25.4. The van der Waals surface area contributed by atoms with Gasteiger partial charge in [-0.15, -0.1) is 0 Å². The number of aromatic nitrogens is 4. The molecule has 2 amide bonds. The van der Waals surface area contributed by atoms with Crippen molar-refractivity contribution in [1.82, 2.24) is 30.7 Å². The number of nitro benzene ring substituents is 1. The topological polar surface area (TPSA) is 170 Å². The molecule has 0 unspecified atom stereocenters. The lowest BCUT2D eigenvalue weighted by Crippen LogP contribution is -2.58. The smallest absolute Gasteiger partial charge is 0.300 e. The highest BCUT2D eigenvalue weighted by Gasteiger charge is 2.38. The van der Waals surface area contributed by atoms with Crippen molar-refractivity contribution in [3.05, 3.63) is 91.0 Å². The normalized spacial score (nSPS) is 11.4. The molecule has 244 valence electrons. The number of anilines is 1. The average molecular weight is 700 g/mol. The number of nitro groups is 1. The minimum Gasteiger partial charge on any atom is -0.381 e. The van der Waals surface area contributed by atoms with E-state index in [0.29, 0.717) is 50.5 Å². The summed E-state index contributed by atoms with van der Waals surface area (Å²) in [4.78, 5) is 38.1. The summed E-state index contributed by atoms with van der Waals surface area (Å²) in [7, 11) is 0. The van der Waals surface area contributed by atoms with Crippen molar-refractivity contribution in [1.29, 1.82) is 0 Å². The molecule has 0 aliphatic carbocycles. The lowest BCUT2D eigenvalue weighted by atomic mass is 9.91. The van der Waals surface area contributed by atoms with Gasteiger partial charge < -0.3 is 16.0 Å². The summed E-state index contributed by atoms with van der Waals surface area (Å²) in [5, 5.41) is 33.5. The van der Waals surface area contributed by atoms with E-state index in [1.165, 1.54) is 12.1 Å². The van der Waals surface area contributed by atoms with Crippen LogP contribution in [-0.4, -0.2) is 55.5 Å². The fourth-order valence-corrected chi connectivity index (χ4v) is 5.87. The van der Waals surface area contributed by atoms with E-state index in [0.717, 1.165) is 5.56 Å². The largest absolute Gasteiger partial charge is 0.381 e. The Hall–Kier alpha value is -4.72. The highest BCUT2D eigenvalue weighted by Crippen LogP contribution is 2.34. The van der Waals surface area contributed by atoms with E-state index in [4.69, 9.17) is 39.4 Å². The van der Waals surface area contributed by atoms with E-state index >= 15 is 0 Å². The van der Waals surface area contributed by atoms with Crippen molar-refractivity contribution in [2.45, 2.75) is 39.2 Å². The summed E-state index contributed by atoms with van der Waals surface area (Å²) in [6.07, 6.45) is 0.601. The van der Waals surface area contributed by atoms with Gasteiger partial charge in [0.2, 0.25) is 11.4 Å². The number of amides is 2. The van der Waals surface area contributed by atoms with Crippen LogP contribution in [0, 0.1) is 17.0 Å². The van der Waals surface area contributed by atoms with Gasteiger partial charge in [-0.3, -0.25) is 19.7 Å². The van der Waals surface area contributed by atoms with E-state index in [-0.39, 0.29) is 41.4 Å².